The summed E-state index contributed by atoms with van der Waals surface area (Å²) in [5.41, 5.74) is 1.11. The maximum atomic E-state index is 13.2. The van der Waals surface area contributed by atoms with Crippen LogP contribution >= 0.6 is 0 Å². The van der Waals surface area contributed by atoms with Crippen molar-refractivity contribution < 1.29 is 13.9 Å². The lowest BCUT2D eigenvalue weighted by atomic mass is 10.1. The third-order valence-electron chi connectivity index (χ3n) is 6.86. The van der Waals surface area contributed by atoms with Gasteiger partial charge in [0, 0.05) is 13.1 Å². The minimum atomic E-state index is -0.0470. The topological polar surface area (TPSA) is 55.1 Å². The van der Waals surface area contributed by atoms with Gasteiger partial charge < -0.3 is 13.9 Å². The predicted molar refractivity (Wildman–Crippen MR) is 132 cm³/mol. The van der Waals surface area contributed by atoms with E-state index in [0.717, 1.165) is 39.3 Å². The highest BCUT2D eigenvalue weighted by atomic mass is 16.5. The number of ether oxygens (including phenoxy) is 2. The molecule has 0 saturated carbocycles. The third-order valence-corrected chi connectivity index (χ3v) is 6.86. The molecule has 6 heteroatoms. The zero-order valence-corrected chi connectivity index (χ0v) is 19.4. The Morgan fingerprint density at radius 1 is 0.667 bits per heavy atom. The summed E-state index contributed by atoms with van der Waals surface area (Å²) in [7, 11) is 0. The monoisotopic (exact) mass is 450 g/mol. The fraction of sp³-hybridized carbons (Fsp3) is 0.519. The summed E-state index contributed by atoms with van der Waals surface area (Å²) in [5, 5.41) is 1.09. The first kappa shape index (κ1) is 22.2. The van der Waals surface area contributed by atoms with Gasteiger partial charge in [0.2, 0.25) is 5.43 Å². The molecule has 0 N–H and O–H groups in total. The van der Waals surface area contributed by atoms with Gasteiger partial charge in [0.15, 0.2) is 0 Å². The van der Waals surface area contributed by atoms with Crippen LogP contribution in [0.4, 0.5) is 0 Å². The van der Waals surface area contributed by atoms with Crippen LogP contribution in [0.5, 0.6) is 11.5 Å². The molecule has 1 aromatic heterocycles. The molecule has 5 rings (SSSR count). The van der Waals surface area contributed by atoms with Crippen molar-refractivity contribution in [3.8, 4) is 11.5 Å². The first-order valence-electron chi connectivity index (χ1n) is 12.5. The zero-order valence-electron chi connectivity index (χ0n) is 19.4. The number of likely N-dealkylation sites (tertiary alicyclic amines) is 2. The van der Waals surface area contributed by atoms with Crippen LogP contribution < -0.4 is 14.9 Å². The minimum Gasteiger partial charge on any atom is -0.492 e. The Bertz CT molecular complexity index is 1050. The van der Waals surface area contributed by atoms with Gasteiger partial charge >= 0.3 is 0 Å². The molecule has 3 heterocycles. The molecule has 0 bridgehead atoms. The molecular formula is C27H34N2O4. The van der Waals surface area contributed by atoms with E-state index in [-0.39, 0.29) is 5.43 Å². The molecule has 176 valence electrons. The van der Waals surface area contributed by atoms with E-state index >= 15 is 0 Å². The van der Waals surface area contributed by atoms with Gasteiger partial charge in [0.25, 0.3) is 0 Å². The maximum Gasteiger partial charge on any atom is 0.200 e. The maximum absolute atomic E-state index is 13.2. The smallest absolute Gasteiger partial charge is 0.200 e. The lowest BCUT2D eigenvalue weighted by Crippen LogP contribution is -2.33. The number of piperidine rings is 2. The largest absolute Gasteiger partial charge is 0.492 e. The molecule has 6 nitrogen and oxygen atoms in total. The Labute approximate surface area is 195 Å². The van der Waals surface area contributed by atoms with Gasteiger partial charge in [-0.05, 0) is 88.3 Å². The standard InChI is InChI=1S/C27H34N2O4/c30-27-23-19-21(31-17-15-28-11-3-1-4-12-28)7-9-25(23)33-26-10-8-22(20-24(26)27)32-18-16-29-13-5-2-6-14-29/h7-10,19-20H,1-6,11-18H2. The second-order valence-electron chi connectivity index (χ2n) is 9.25. The summed E-state index contributed by atoms with van der Waals surface area (Å²) in [6.45, 7) is 7.69. The fourth-order valence-electron chi connectivity index (χ4n) is 4.95. The zero-order chi connectivity index (χ0) is 22.5. The summed E-state index contributed by atoms with van der Waals surface area (Å²) >= 11 is 0. The van der Waals surface area contributed by atoms with Gasteiger partial charge in [-0.1, -0.05) is 12.8 Å². The Morgan fingerprint density at radius 2 is 1.12 bits per heavy atom. The number of rotatable bonds is 8. The summed E-state index contributed by atoms with van der Waals surface area (Å²) in [6.07, 6.45) is 7.75. The normalized spacial score (nSPS) is 18.1. The molecule has 2 aromatic carbocycles. The van der Waals surface area contributed by atoms with Crippen molar-refractivity contribution in [3.63, 3.8) is 0 Å². The molecular weight excluding hydrogens is 416 g/mol. The molecule has 2 aliphatic rings. The van der Waals surface area contributed by atoms with Crippen LogP contribution in [0.15, 0.2) is 45.6 Å². The number of benzene rings is 2. The van der Waals surface area contributed by atoms with E-state index in [2.05, 4.69) is 9.80 Å². The van der Waals surface area contributed by atoms with Gasteiger partial charge in [0.05, 0.1) is 10.8 Å². The molecule has 33 heavy (non-hydrogen) atoms. The van der Waals surface area contributed by atoms with Gasteiger partial charge in [-0.3, -0.25) is 14.6 Å². The lowest BCUT2D eigenvalue weighted by molar-refractivity contribution is 0.183. The van der Waals surface area contributed by atoms with E-state index in [4.69, 9.17) is 13.9 Å². The molecule has 0 atom stereocenters. The molecule has 0 radical (unpaired) electrons. The van der Waals surface area contributed by atoms with E-state index in [0.29, 0.717) is 46.7 Å². The number of fused-ring (bicyclic) bond motifs is 2. The Morgan fingerprint density at radius 3 is 1.58 bits per heavy atom. The Kier molecular flexibility index (Phi) is 7.12. The number of hydrogen-bond acceptors (Lipinski definition) is 6. The first-order valence-corrected chi connectivity index (χ1v) is 12.5. The van der Waals surface area contributed by atoms with Crippen LogP contribution in [-0.2, 0) is 0 Å². The summed E-state index contributed by atoms with van der Waals surface area (Å²) < 4.78 is 17.9. The van der Waals surface area contributed by atoms with Crippen molar-refractivity contribution in [2.45, 2.75) is 38.5 Å². The highest BCUT2D eigenvalue weighted by molar-refractivity contribution is 5.90. The van der Waals surface area contributed by atoms with Crippen molar-refractivity contribution in [2.75, 3.05) is 52.5 Å². The highest BCUT2D eigenvalue weighted by Gasteiger charge is 2.13. The molecule has 0 aliphatic carbocycles. The molecule has 2 aliphatic heterocycles. The van der Waals surface area contributed by atoms with Gasteiger partial charge in [-0.2, -0.15) is 0 Å². The predicted octanol–water partition coefficient (Wildman–Crippen LogP) is 4.68. The van der Waals surface area contributed by atoms with Crippen molar-refractivity contribution in [1.82, 2.24) is 9.80 Å². The molecule has 2 saturated heterocycles. The van der Waals surface area contributed by atoms with Crippen LogP contribution in [0.25, 0.3) is 21.9 Å². The van der Waals surface area contributed by atoms with Crippen molar-refractivity contribution in [1.29, 1.82) is 0 Å². The Balaban J connectivity index is 1.27. The van der Waals surface area contributed by atoms with Gasteiger partial charge in [-0.15, -0.1) is 0 Å². The molecule has 2 fully saturated rings. The second-order valence-corrected chi connectivity index (χ2v) is 9.25. The summed E-state index contributed by atoms with van der Waals surface area (Å²) in [4.78, 5) is 18.1. The summed E-state index contributed by atoms with van der Waals surface area (Å²) in [6, 6.07) is 11.0. The van der Waals surface area contributed by atoms with Crippen LogP contribution in [0, 0.1) is 0 Å². The van der Waals surface area contributed by atoms with Crippen molar-refractivity contribution in [2.24, 2.45) is 0 Å². The SMILES string of the molecule is O=c1c2cc(OCCN3CCCCC3)ccc2oc2ccc(OCCN3CCCCC3)cc12. The quantitative estimate of drug-likeness (QED) is 0.465. The van der Waals surface area contributed by atoms with Crippen molar-refractivity contribution >= 4 is 21.9 Å². The average Bonchev–Trinajstić information content (AvgIpc) is 2.86. The van der Waals surface area contributed by atoms with Crippen LogP contribution in [-0.4, -0.2) is 62.3 Å². The van der Waals surface area contributed by atoms with Crippen molar-refractivity contribution in [3.05, 3.63) is 46.6 Å². The van der Waals surface area contributed by atoms with Crippen LogP contribution in [0.2, 0.25) is 0 Å². The average molecular weight is 451 g/mol. The van der Waals surface area contributed by atoms with Crippen LogP contribution in [0.1, 0.15) is 38.5 Å². The minimum absolute atomic E-state index is 0.0470. The fourth-order valence-corrected chi connectivity index (χ4v) is 4.95. The molecule has 0 amide bonds. The second kappa shape index (κ2) is 10.6. The lowest BCUT2D eigenvalue weighted by Gasteiger charge is -2.26. The summed E-state index contributed by atoms with van der Waals surface area (Å²) in [5.74, 6) is 1.42. The van der Waals surface area contributed by atoms with Gasteiger partial charge in [0.1, 0.15) is 35.9 Å². The van der Waals surface area contributed by atoms with E-state index in [1.165, 1.54) is 38.5 Å². The van der Waals surface area contributed by atoms with Gasteiger partial charge in [-0.25, -0.2) is 0 Å². The van der Waals surface area contributed by atoms with E-state index in [9.17, 15) is 4.79 Å². The molecule has 0 spiro atoms. The number of nitrogens with zero attached hydrogens (tertiary/aromatic N) is 2. The van der Waals surface area contributed by atoms with E-state index in [1.54, 1.807) is 12.1 Å². The molecule has 3 aromatic rings. The molecule has 0 unspecified atom stereocenters. The Hall–Kier alpha value is -2.57. The third kappa shape index (κ3) is 5.50. The van der Waals surface area contributed by atoms with Crippen LogP contribution in [0.3, 0.4) is 0 Å². The highest BCUT2D eigenvalue weighted by Crippen LogP contribution is 2.25. The van der Waals surface area contributed by atoms with E-state index < -0.39 is 0 Å². The number of hydrogen-bond donors (Lipinski definition) is 0. The first-order chi connectivity index (χ1) is 16.3. The van der Waals surface area contributed by atoms with E-state index in [1.807, 2.05) is 24.3 Å².